The molecule has 0 radical (unpaired) electrons. The smallest absolute Gasteiger partial charge is 0.227 e. The molecule has 0 spiro atoms. The maximum atomic E-state index is 6.56. The van der Waals surface area contributed by atoms with E-state index < -0.39 is 0 Å². The number of fused-ring (bicyclic) bond motifs is 1. The predicted octanol–water partition coefficient (Wildman–Crippen LogP) is 4.86. The van der Waals surface area contributed by atoms with Crippen LogP contribution in [-0.4, -0.2) is 75.1 Å². The number of benzene rings is 2. The lowest BCUT2D eigenvalue weighted by Crippen LogP contribution is -2.35. The summed E-state index contributed by atoms with van der Waals surface area (Å²) in [5.74, 6) is 1.36. The minimum Gasteiger partial charge on any atom is -0.490 e. The number of nitrogens with one attached hydrogen (secondary N) is 2. The molecule has 0 unspecified atom stereocenters. The van der Waals surface area contributed by atoms with Gasteiger partial charge in [-0.25, -0.2) is 15.0 Å². The molecule has 0 amide bonds. The minimum absolute atomic E-state index is 0.168. The number of nitrogens with zero attached hydrogens (tertiary/aromatic N) is 6. The van der Waals surface area contributed by atoms with Gasteiger partial charge in [0.15, 0.2) is 0 Å². The first-order chi connectivity index (χ1) is 20.7. The maximum Gasteiger partial charge on any atom is 0.227 e. The molecule has 216 valence electrons. The minimum atomic E-state index is 0.168. The fourth-order valence-corrected chi connectivity index (χ4v) is 6.23. The number of hydrogen-bond acceptors (Lipinski definition) is 10. The number of rotatable bonds is 8. The quantitative estimate of drug-likeness (QED) is 0.266. The second-order valence-corrected chi connectivity index (χ2v) is 11.7. The Hall–Kier alpha value is -3.90. The number of morpholine rings is 1. The molecule has 2 N–H and O–H groups in total. The van der Waals surface area contributed by atoms with Crippen LogP contribution in [0.25, 0.3) is 32.6 Å². The second-order valence-electron chi connectivity index (χ2n) is 10.8. The normalized spacial score (nSPS) is 16.6. The lowest BCUT2D eigenvalue weighted by molar-refractivity contribution is 0.0342. The Morgan fingerprint density at radius 1 is 1.05 bits per heavy atom. The van der Waals surface area contributed by atoms with Crippen molar-refractivity contribution in [2.24, 2.45) is 7.05 Å². The van der Waals surface area contributed by atoms with Gasteiger partial charge in [-0.2, -0.15) is 5.10 Å². The molecule has 5 aromatic rings. The first kappa shape index (κ1) is 27.0. The third-order valence-electron chi connectivity index (χ3n) is 7.72. The number of ether oxygens (including phenoxy) is 2. The monoisotopic (exact) mass is 582 g/mol. The molecule has 42 heavy (non-hydrogen) atoms. The van der Waals surface area contributed by atoms with Gasteiger partial charge in [0.25, 0.3) is 0 Å². The van der Waals surface area contributed by atoms with Gasteiger partial charge in [0.1, 0.15) is 16.9 Å². The van der Waals surface area contributed by atoms with Crippen LogP contribution < -0.4 is 15.4 Å². The van der Waals surface area contributed by atoms with Gasteiger partial charge in [-0.1, -0.05) is 0 Å². The van der Waals surface area contributed by atoms with E-state index in [1.54, 1.807) is 11.3 Å². The van der Waals surface area contributed by atoms with E-state index in [1.807, 2.05) is 48.0 Å². The molecule has 11 heteroatoms. The van der Waals surface area contributed by atoms with Crippen molar-refractivity contribution in [3.8, 4) is 27.4 Å². The van der Waals surface area contributed by atoms with Crippen LogP contribution in [0.15, 0.2) is 60.5 Å². The average molecular weight is 583 g/mol. The van der Waals surface area contributed by atoms with Crippen molar-refractivity contribution in [3.05, 3.63) is 66.1 Å². The summed E-state index contributed by atoms with van der Waals surface area (Å²) < 4.78 is 13.9. The molecule has 2 fully saturated rings. The Balaban J connectivity index is 1.21. The van der Waals surface area contributed by atoms with Gasteiger partial charge in [0, 0.05) is 73.4 Å². The number of hydrogen-bond donors (Lipinski definition) is 2. The van der Waals surface area contributed by atoms with Crippen LogP contribution in [-0.2, 0) is 18.3 Å². The third kappa shape index (κ3) is 6.14. The number of thiazole rings is 1. The molecule has 7 rings (SSSR count). The van der Waals surface area contributed by atoms with E-state index in [4.69, 9.17) is 19.4 Å². The van der Waals surface area contributed by atoms with E-state index in [-0.39, 0.29) is 6.10 Å². The Morgan fingerprint density at radius 2 is 1.93 bits per heavy atom. The van der Waals surface area contributed by atoms with Gasteiger partial charge in [0.2, 0.25) is 5.95 Å². The summed E-state index contributed by atoms with van der Waals surface area (Å²) in [6.45, 7) is 6.18. The molecule has 5 heterocycles. The van der Waals surface area contributed by atoms with Crippen LogP contribution in [0.2, 0.25) is 0 Å². The van der Waals surface area contributed by atoms with E-state index in [1.165, 1.54) is 5.56 Å². The zero-order chi connectivity index (χ0) is 28.3. The summed E-state index contributed by atoms with van der Waals surface area (Å²) in [6, 6.07) is 10.7. The molecule has 2 aliphatic rings. The molecule has 0 saturated carbocycles. The number of piperidine rings is 1. The Bertz CT molecular complexity index is 1660. The van der Waals surface area contributed by atoms with Crippen LogP contribution in [0.5, 0.6) is 5.75 Å². The van der Waals surface area contributed by atoms with Crippen molar-refractivity contribution < 1.29 is 9.47 Å². The molecular formula is C31H34N8O2S. The highest BCUT2D eigenvalue weighted by Crippen LogP contribution is 2.36. The van der Waals surface area contributed by atoms with Crippen molar-refractivity contribution >= 4 is 33.9 Å². The largest absolute Gasteiger partial charge is 0.490 e. The molecule has 0 bridgehead atoms. The standard InChI is InChI=1S/C31H34N8O2S/c1-38-20-24(18-35-38)22-12-21(19-39-7-9-40-10-8-39)13-25(14-22)36-31-34-17-23-15-27(30-33-6-11-42-30)29(16-28(23)37-31)41-26-2-4-32-5-3-26/h6,11-18,20,26,32H,2-5,7-10,19H2,1H3,(H,34,36,37). The first-order valence-electron chi connectivity index (χ1n) is 14.4. The molecule has 2 aliphatic heterocycles. The molecular weight excluding hydrogens is 548 g/mol. The van der Waals surface area contributed by atoms with Gasteiger partial charge >= 0.3 is 0 Å². The Morgan fingerprint density at radius 3 is 2.71 bits per heavy atom. The summed E-state index contributed by atoms with van der Waals surface area (Å²) in [5.41, 5.74) is 6.13. The van der Waals surface area contributed by atoms with E-state index in [9.17, 15) is 0 Å². The van der Waals surface area contributed by atoms with Gasteiger partial charge in [-0.15, -0.1) is 11.3 Å². The maximum absolute atomic E-state index is 6.56. The molecule has 2 aromatic carbocycles. The van der Waals surface area contributed by atoms with E-state index in [0.29, 0.717) is 5.95 Å². The molecule has 0 aliphatic carbocycles. The SMILES string of the molecule is Cn1cc(-c2cc(CN3CCOCC3)cc(Nc3ncc4cc(-c5nccs5)c(OC5CCNCC5)cc4n3)c2)cn1. The van der Waals surface area contributed by atoms with Gasteiger partial charge in [-0.05, 0) is 61.3 Å². The first-order valence-corrected chi connectivity index (χ1v) is 15.3. The summed E-state index contributed by atoms with van der Waals surface area (Å²) in [7, 11) is 1.94. The average Bonchev–Trinajstić information content (AvgIpc) is 3.70. The lowest BCUT2D eigenvalue weighted by Gasteiger charge is -2.27. The lowest BCUT2D eigenvalue weighted by atomic mass is 10.0. The van der Waals surface area contributed by atoms with Crippen molar-refractivity contribution in [1.82, 2.24) is 34.9 Å². The van der Waals surface area contributed by atoms with Crippen molar-refractivity contribution in [1.29, 1.82) is 0 Å². The van der Waals surface area contributed by atoms with E-state index in [0.717, 1.165) is 103 Å². The highest BCUT2D eigenvalue weighted by atomic mass is 32.1. The topological polar surface area (TPSA) is 102 Å². The summed E-state index contributed by atoms with van der Waals surface area (Å²) in [6.07, 6.45) is 9.76. The number of aryl methyl sites for hydroxylation is 1. The van der Waals surface area contributed by atoms with Gasteiger partial charge < -0.3 is 20.1 Å². The second kappa shape index (κ2) is 12.1. The fourth-order valence-electron chi connectivity index (χ4n) is 5.57. The van der Waals surface area contributed by atoms with Crippen molar-refractivity contribution in [2.75, 3.05) is 44.7 Å². The summed E-state index contributed by atoms with van der Waals surface area (Å²) in [5, 5.41) is 15.2. The zero-order valence-corrected chi connectivity index (χ0v) is 24.4. The van der Waals surface area contributed by atoms with Crippen LogP contribution in [0.1, 0.15) is 18.4 Å². The molecule has 3 aromatic heterocycles. The van der Waals surface area contributed by atoms with E-state index >= 15 is 0 Å². The zero-order valence-electron chi connectivity index (χ0n) is 23.6. The van der Waals surface area contributed by atoms with Crippen molar-refractivity contribution in [3.63, 3.8) is 0 Å². The Kier molecular flexibility index (Phi) is 7.80. The van der Waals surface area contributed by atoms with Gasteiger partial charge in [-0.3, -0.25) is 9.58 Å². The summed E-state index contributed by atoms with van der Waals surface area (Å²) in [4.78, 5) is 16.6. The number of anilines is 2. The van der Waals surface area contributed by atoms with Crippen LogP contribution >= 0.6 is 11.3 Å². The number of aromatic nitrogens is 5. The van der Waals surface area contributed by atoms with Crippen LogP contribution in [0.4, 0.5) is 11.6 Å². The van der Waals surface area contributed by atoms with Crippen molar-refractivity contribution in [2.45, 2.75) is 25.5 Å². The van der Waals surface area contributed by atoms with Crippen LogP contribution in [0.3, 0.4) is 0 Å². The van der Waals surface area contributed by atoms with E-state index in [2.05, 4.69) is 49.9 Å². The molecule has 0 atom stereocenters. The van der Waals surface area contributed by atoms with Crippen LogP contribution in [0, 0.1) is 0 Å². The third-order valence-corrected chi connectivity index (χ3v) is 8.53. The fraction of sp³-hybridized carbons (Fsp3) is 0.355. The molecule has 2 saturated heterocycles. The highest BCUT2D eigenvalue weighted by molar-refractivity contribution is 7.13. The van der Waals surface area contributed by atoms with Gasteiger partial charge in [0.05, 0.1) is 30.5 Å². The summed E-state index contributed by atoms with van der Waals surface area (Å²) >= 11 is 1.61. The highest BCUT2D eigenvalue weighted by Gasteiger charge is 2.19. The Labute approximate surface area is 248 Å². The predicted molar refractivity (Wildman–Crippen MR) is 165 cm³/mol. The molecule has 10 nitrogen and oxygen atoms in total.